The summed E-state index contributed by atoms with van der Waals surface area (Å²) in [6.45, 7) is 2.15. The molecular formula is C18H19BrClN. The summed E-state index contributed by atoms with van der Waals surface area (Å²) in [6.07, 6.45) is 2.27. The first kappa shape index (κ1) is 15.1. The summed E-state index contributed by atoms with van der Waals surface area (Å²) < 4.78 is 1.18. The zero-order chi connectivity index (χ0) is 14.7. The monoisotopic (exact) mass is 363 g/mol. The van der Waals surface area contributed by atoms with Gasteiger partial charge in [-0.1, -0.05) is 57.9 Å². The van der Waals surface area contributed by atoms with Gasteiger partial charge in [0.2, 0.25) is 0 Å². The Morgan fingerprint density at radius 3 is 2.76 bits per heavy atom. The Labute approximate surface area is 139 Å². The van der Waals surface area contributed by atoms with Gasteiger partial charge in [-0.2, -0.15) is 0 Å². The second-order valence-electron chi connectivity index (χ2n) is 5.71. The van der Waals surface area contributed by atoms with Crippen LogP contribution in [0, 0.1) is 5.92 Å². The van der Waals surface area contributed by atoms with Gasteiger partial charge in [0.1, 0.15) is 0 Å². The third-order valence-electron chi connectivity index (χ3n) is 4.31. The fraction of sp³-hybridized carbons (Fsp3) is 0.333. The zero-order valence-corrected chi connectivity index (χ0v) is 14.2. The minimum absolute atomic E-state index is 0.555. The minimum Gasteiger partial charge on any atom is -0.316 e. The van der Waals surface area contributed by atoms with Crippen LogP contribution >= 0.6 is 27.5 Å². The maximum Gasteiger partial charge on any atom is 0.0409 e. The van der Waals surface area contributed by atoms with E-state index in [4.69, 9.17) is 11.6 Å². The van der Waals surface area contributed by atoms with E-state index in [0.29, 0.717) is 11.8 Å². The fourth-order valence-corrected chi connectivity index (χ4v) is 3.98. The maximum absolute atomic E-state index is 6.21. The second kappa shape index (κ2) is 6.95. The molecule has 1 heterocycles. The lowest BCUT2D eigenvalue weighted by Gasteiger charge is -2.33. The molecule has 2 aromatic carbocycles. The van der Waals surface area contributed by atoms with Crippen LogP contribution in [0.4, 0.5) is 0 Å². The van der Waals surface area contributed by atoms with E-state index >= 15 is 0 Å². The van der Waals surface area contributed by atoms with Gasteiger partial charge in [-0.25, -0.2) is 0 Å². The predicted octanol–water partition coefficient (Wildman–Crippen LogP) is 5.04. The quantitative estimate of drug-likeness (QED) is 0.804. The van der Waals surface area contributed by atoms with Crippen LogP contribution in [0.3, 0.4) is 0 Å². The van der Waals surface area contributed by atoms with E-state index in [9.17, 15) is 0 Å². The van der Waals surface area contributed by atoms with Crippen molar-refractivity contribution < 1.29 is 0 Å². The van der Waals surface area contributed by atoms with Gasteiger partial charge in [0.05, 0.1) is 0 Å². The molecule has 0 amide bonds. The summed E-state index contributed by atoms with van der Waals surface area (Å²) in [4.78, 5) is 0. The van der Waals surface area contributed by atoms with Gasteiger partial charge in [-0.05, 0) is 67.1 Å². The van der Waals surface area contributed by atoms with Gasteiger partial charge in [0.15, 0.2) is 0 Å². The second-order valence-corrected chi connectivity index (χ2v) is 7.01. The van der Waals surface area contributed by atoms with E-state index in [0.717, 1.165) is 31.0 Å². The Hall–Kier alpha value is -0.830. The summed E-state index contributed by atoms with van der Waals surface area (Å²) in [7, 11) is 0. The molecule has 1 aliphatic heterocycles. The molecular weight excluding hydrogens is 346 g/mol. The molecule has 0 saturated carbocycles. The molecule has 2 aromatic rings. The van der Waals surface area contributed by atoms with Crippen LogP contribution < -0.4 is 5.32 Å². The molecule has 21 heavy (non-hydrogen) atoms. The number of rotatable bonds is 3. The van der Waals surface area contributed by atoms with E-state index in [2.05, 4.69) is 63.7 Å². The largest absolute Gasteiger partial charge is 0.316 e. The van der Waals surface area contributed by atoms with Crippen LogP contribution in [-0.4, -0.2) is 13.1 Å². The van der Waals surface area contributed by atoms with Crippen LogP contribution in [0.2, 0.25) is 5.02 Å². The highest BCUT2D eigenvalue weighted by molar-refractivity contribution is 9.10. The third kappa shape index (κ3) is 3.68. The van der Waals surface area contributed by atoms with Crippen LogP contribution in [0.1, 0.15) is 23.5 Å². The Balaban J connectivity index is 1.86. The molecule has 0 bridgehead atoms. The normalized spacial score (nSPS) is 22.2. The van der Waals surface area contributed by atoms with Gasteiger partial charge in [-0.15, -0.1) is 0 Å². The van der Waals surface area contributed by atoms with Crippen LogP contribution in [0.5, 0.6) is 0 Å². The van der Waals surface area contributed by atoms with Crippen molar-refractivity contribution in [1.29, 1.82) is 0 Å². The van der Waals surface area contributed by atoms with Gasteiger partial charge in [0, 0.05) is 9.50 Å². The lowest BCUT2D eigenvalue weighted by atomic mass is 9.78. The van der Waals surface area contributed by atoms with E-state index in [-0.39, 0.29) is 0 Å². The molecule has 1 aliphatic rings. The summed E-state index contributed by atoms with van der Waals surface area (Å²) in [6, 6.07) is 16.9. The lowest BCUT2D eigenvalue weighted by molar-refractivity contribution is 0.323. The number of benzene rings is 2. The summed E-state index contributed by atoms with van der Waals surface area (Å²) in [5.74, 6) is 1.16. The van der Waals surface area contributed by atoms with Crippen molar-refractivity contribution in [1.82, 2.24) is 5.32 Å². The van der Waals surface area contributed by atoms with Crippen molar-refractivity contribution in [3.8, 4) is 0 Å². The van der Waals surface area contributed by atoms with Crippen LogP contribution in [0.15, 0.2) is 53.0 Å². The average Bonchev–Trinajstić information content (AvgIpc) is 2.51. The molecule has 1 fully saturated rings. The average molecular weight is 365 g/mol. The third-order valence-corrected chi connectivity index (χ3v) is 5.26. The molecule has 0 spiro atoms. The molecule has 1 N–H and O–H groups in total. The van der Waals surface area contributed by atoms with Crippen molar-refractivity contribution in [2.24, 2.45) is 5.92 Å². The highest BCUT2D eigenvalue weighted by Gasteiger charge is 2.28. The van der Waals surface area contributed by atoms with Crippen LogP contribution in [0.25, 0.3) is 0 Å². The van der Waals surface area contributed by atoms with E-state index in [1.807, 2.05) is 6.07 Å². The fourth-order valence-electron chi connectivity index (χ4n) is 3.26. The number of halogens is 2. The molecule has 0 aromatic heterocycles. The Bertz CT molecular complexity index is 599. The first-order chi connectivity index (χ1) is 10.2. The molecule has 2 atom stereocenters. The number of nitrogens with one attached hydrogen (secondary N) is 1. The highest BCUT2D eigenvalue weighted by Crippen LogP contribution is 2.37. The first-order valence-corrected chi connectivity index (χ1v) is 8.61. The Kier molecular flexibility index (Phi) is 4.99. The topological polar surface area (TPSA) is 12.0 Å². The SMILES string of the molecule is Clc1ccc(Br)c(C2CCNCC2Cc2ccccc2)c1. The molecule has 3 rings (SSSR count). The smallest absolute Gasteiger partial charge is 0.0409 e. The molecule has 1 saturated heterocycles. The van der Waals surface area contributed by atoms with Gasteiger partial charge < -0.3 is 5.32 Å². The van der Waals surface area contributed by atoms with Crippen molar-refractivity contribution >= 4 is 27.5 Å². The standard InChI is InChI=1S/C18H19BrClN/c19-18-7-6-15(20)11-17(18)16-8-9-21-12-14(16)10-13-4-2-1-3-5-13/h1-7,11,14,16,21H,8-10,12H2. The van der Waals surface area contributed by atoms with Gasteiger partial charge in [0.25, 0.3) is 0 Å². The van der Waals surface area contributed by atoms with Crippen LogP contribution in [-0.2, 0) is 6.42 Å². The first-order valence-electron chi connectivity index (χ1n) is 7.43. The number of piperidine rings is 1. The molecule has 2 unspecified atom stereocenters. The van der Waals surface area contributed by atoms with Crippen molar-refractivity contribution in [3.05, 3.63) is 69.2 Å². The highest BCUT2D eigenvalue weighted by atomic mass is 79.9. The Morgan fingerprint density at radius 1 is 1.14 bits per heavy atom. The molecule has 1 nitrogen and oxygen atoms in total. The van der Waals surface area contributed by atoms with Gasteiger partial charge in [-0.3, -0.25) is 0 Å². The number of hydrogen-bond donors (Lipinski definition) is 1. The summed E-state index contributed by atoms with van der Waals surface area (Å²) in [5, 5.41) is 4.36. The van der Waals surface area contributed by atoms with E-state index in [1.165, 1.54) is 15.6 Å². The van der Waals surface area contributed by atoms with Crippen molar-refractivity contribution in [2.45, 2.75) is 18.8 Å². The van der Waals surface area contributed by atoms with Crippen molar-refractivity contribution in [2.75, 3.05) is 13.1 Å². The van der Waals surface area contributed by atoms with E-state index < -0.39 is 0 Å². The number of hydrogen-bond acceptors (Lipinski definition) is 1. The predicted molar refractivity (Wildman–Crippen MR) is 93.0 cm³/mol. The molecule has 0 radical (unpaired) electrons. The van der Waals surface area contributed by atoms with Gasteiger partial charge >= 0.3 is 0 Å². The van der Waals surface area contributed by atoms with Crippen molar-refractivity contribution in [3.63, 3.8) is 0 Å². The Morgan fingerprint density at radius 2 is 1.95 bits per heavy atom. The lowest BCUT2D eigenvalue weighted by Crippen LogP contribution is -2.36. The minimum atomic E-state index is 0.555. The van der Waals surface area contributed by atoms with E-state index in [1.54, 1.807) is 0 Å². The summed E-state index contributed by atoms with van der Waals surface area (Å²) >= 11 is 9.91. The molecule has 3 heteroatoms. The summed E-state index contributed by atoms with van der Waals surface area (Å²) in [5.41, 5.74) is 2.76. The molecule has 0 aliphatic carbocycles. The zero-order valence-electron chi connectivity index (χ0n) is 11.9. The molecule has 110 valence electrons. The maximum atomic E-state index is 6.21.